The normalized spacial score (nSPS) is 16.5. The summed E-state index contributed by atoms with van der Waals surface area (Å²) < 4.78 is 21.3. The van der Waals surface area contributed by atoms with E-state index in [1.807, 2.05) is 48.6 Å². The van der Waals surface area contributed by atoms with E-state index in [4.69, 9.17) is 18.9 Å². The van der Waals surface area contributed by atoms with Crippen LogP contribution >= 0.6 is 0 Å². The maximum atomic E-state index is 12.3. The Morgan fingerprint density at radius 2 is 1.38 bits per heavy atom. The summed E-state index contributed by atoms with van der Waals surface area (Å²) in [6.45, 7) is 0. The van der Waals surface area contributed by atoms with Crippen LogP contribution in [0.5, 0.6) is 23.0 Å². The van der Waals surface area contributed by atoms with Crippen molar-refractivity contribution < 1.29 is 23.7 Å². The third-order valence-corrected chi connectivity index (χ3v) is 5.05. The number of methoxy groups -OCH3 is 4. The first-order chi connectivity index (χ1) is 14.1. The first kappa shape index (κ1) is 20.5. The number of hydrogen-bond donors (Lipinski definition) is 0. The Hall–Kier alpha value is -3.21. The van der Waals surface area contributed by atoms with Crippen molar-refractivity contribution >= 4 is 11.9 Å². The van der Waals surface area contributed by atoms with Crippen molar-refractivity contribution in [1.29, 1.82) is 0 Å². The van der Waals surface area contributed by atoms with Crippen molar-refractivity contribution in [3.63, 3.8) is 0 Å². The third kappa shape index (κ3) is 4.80. The number of carbonyl (C=O) groups is 1. The Labute approximate surface area is 171 Å². The highest BCUT2D eigenvalue weighted by atomic mass is 16.5. The predicted molar refractivity (Wildman–Crippen MR) is 113 cm³/mol. The van der Waals surface area contributed by atoms with Gasteiger partial charge in [0.2, 0.25) is 0 Å². The molecule has 0 aliphatic heterocycles. The molecule has 1 aliphatic rings. The minimum atomic E-state index is 0.109. The average molecular weight is 394 g/mol. The SMILES string of the molecule is COc1ccc(/C=C/C2=CC(=O)C[C@H](c3ccc(OC)c(OC)c3)C2)cc1OC. The molecular weight excluding hydrogens is 368 g/mol. The molecule has 0 heterocycles. The van der Waals surface area contributed by atoms with Gasteiger partial charge in [-0.2, -0.15) is 0 Å². The molecule has 0 N–H and O–H groups in total. The smallest absolute Gasteiger partial charge is 0.161 e. The van der Waals surface area contributed by atoms with Crippen LogP contribution in [-0.4, -0.2) is 34.2 Å². The summed E-state index contributed by atoms with van der Waals surface area (Å²) in [6.07, 6.45) is 6.98. The van der Waals surface area contributed by atoms with Gasteiger partial charge in [-0.1, -0.05) is 24.3 Å². The number of ketones is 1. The molecule has 0 bridgehead atoms. The molecule has 0 aromatic heterocycles. The molecule has 0 fully saturated rings. The van der Waals surface area contributed by atoms with Gasteiger partial charge in [-0.05, 0) is 59.4 Å². The Morgan fingerprint density at radius 1 is 0.759 bits per heavy atom. The molecule has 3 rings (SSSR count). The van der Waals surface area contributed by atoms with E-state index in [-0.39, 0.29) is 11.7 Å². The lowest BCUT2D eigenvalue weighted by molar-refractivity contribution is -0.115. The minimum absolute atomic E-state index is 0.109. The first-order valence-corrected chi connectivity index (χ1v) is 9.43. The minimum Gasteiger partial charge on any atom is -0.493 e. The van der Waals surface area contributed by atoms with Gasteiger partial charge in [-0.3, -0.25) is 4.79 Å². The monoisotopic (exact) mass is 394 g/mol. The maximum absolute atomic E-state index is 12.3. The fourth-order valence-electron chi connectivity index (χ4n) is 3.54. The number of benzene rings is 2. The van der Waals surface area contributed by atoms with E-state index in [0.29, 0.717) is 29.4 Å². The highest BCUT2D eigenvalue weighted by Gasteiger charge is 2.22. The standard InChI is InChI=1S/C24H26O5/c1-26-21-9-7-16(13-23(21)28-3)5-6-17-11-19(14-20(25)12-17)18-8-10-22(27-2)24(15-18)29-4/h5-10,12-13,15,19H,11,14H2,1-4H3/b6-5+/t19-/m1/s1. The van der Waals surface area contributed by atoms with Gasteiger partial charge in [0.15, 0.2) is 28.8 Å². The second-order valence-corrected chi connectivity index (χ2v) is 6.85. The van der Waals surface area contributed by atoms with Crippen molar-refractivity contribution in [3.8, 4) is 23.0 Å². The summed E-state index contributed by atoms with van der Waals surface area (Å²) in [7, 11) is 6.45. The summed E-state index contributed by atoms with van der Waals surface area (Å²) in [4.78, 5) is 12.3. The van der Waals surface area contributed by atoms with E-state index in [2.05, 4.69) is 0 Å². The maximum Gasteiger partial charge on any atom is 0.161 e. The number of rotatable bonds is 7. The van der Waals surface area contributed by atoms with Crippen LogP contribution in [0.4, 0.5) is 0 Å². The molecule has 0 saturated heterocycles. The van der Waals surface area contributed by atoms with Gasteiger partial charge in [0, 0.05) is 6.42 Å². The molecule has 1 atom stereocenters. The van der Waals surface area contributed by atoms with Crippen molar-refractivity contribution in [2.45, 2.75) is 18.8 Å². The van der Waals surface area contributed by atoms with E-state index >= 15 is 0 Å². The van der Waals surface area contributed by atoms with Crippen molar-refractivity contribution in [3.05, 3.63) is 65.3 Å². The number of allylic oxidation sites excluding steroid dienone is 3. The van der Waals surface area contributed by atoms with Crippen LogP contribution in [0, 0.1) is 0 Å². The Kier molecular flexibility index (Phi) is 6.60. The first-order valence-electron chi connectivity index (χ1n) is 9.43. The van der Waals surface area contributed by atoms with E-state index < -0.39 is 0 Å². The van der Waals surface area contributed by atoms with Crippen LogP contribution in [0.15, 0.2) is 54.1 Å². The molecule has 152 valence electrons. The van der Waals surface area contributed by atoms with Crippen molar-refractivity contribution in [1.82, 2.24) is 0 Å². The van der Waals surface area contributed by atoms with Crippen LogP contribution < -0.4 is 18.9 Å². The molecular formula is C24H26O5. The van der Waals surface area contributed by atoms with Gasteiger partial charge < -0.3 is 18.9 Å². The summed E-state index contributed by atoms with van der Waals surface area (Å²) >= 11 is 0. The highest BCUT2D eigenvalue weighted by Crippen LogP contribution is 2.37. The molecule has 0 unspecified atom stereocenters. The van der Waals surface area contributed by atoms with Gasteiger partial charge >= 0.3 is 0 Å². The van der Waals surface area contributed by atoms with Crippen LogP contribution in [0.3, 0.4) is 0 Å². The lowest BCUT2D eigenvalue weighted by Crippen LogP contribution is -2.12. The van der Waals surface area contributed by atoms with Crippen LogP contribution in [0.1, 0.15) is 29.9 Å². The van der Waals surface area contributed by atoms with E-state index in [9.17, 15) is 4.79 Å². The average Bonchev–Trinajstić information content (AvgIpc) is 2.76. The topological polar surface area (TPSA) is 54.0 Å². The van der Waals surface area contributed by atoms with Crippen LogP contribution in [-0.2, 0) is 4.79 Å². The Bertz CT molecular complexity index is 942. The summed E-state index contributed by atoms with van der Waals surface area (Å²) in [5.41, 5.74) is 3.04. The van der Waals surface area contributed by atoms with Gasteiger partial charge in [0.25, 0.3) is 0 Å². The molecule has 5 heteroatoms. The number of ether oxygens (including phenoxy) is 4. The van der Waals surface area contributed by atoms with Crippen LogP contribution in [0.2, 0.25) is 0 Å². The predicted octanol–water partition coefficient (Wildman–Crippen LogP) is 4.81. The highest BCUT2D eigenvalue weighted by molar-refractivity contribution is 5.92. The molecule has 2 aromatic rings. The van der Waals surface area contributed by atoms with E-state index in [0.717, 1.165) is 23.1 Å². The van der Waals surface area contributed by atoms with Gasteiger partial charge in [0.05, 0.1) is 28.4 Å². The quantitative estimate of drug-likeness (QED) is 0.675. The number of hydrogen-bond acceptors (Lipinski definition) is 5. The molecule has 5 nitrogen and oxygen atoms in total. The van der Waals surface area contributed by atoms with Crippen molar-refractivity contribution in [2.24, 2.45) is 0 Å². The fourth-order valence-corrected chi connectivity index (χ4v) is 3.54. The molecule has 0 saturated carbocycles. The lowest BCUT2D eigenvalue weighted by Gasteiger charge is -2.22. The molecule has 0 radical (unpaired) electrons. The molecule has 0 amide bonds. The lowest BCUT2D eigenvalue weighted by atomic mass is 9.83. The van der Waals surface area contributed by atoms with E-state index in [1.54, 1.807) is 34.5 Å². The van der Waals surface area contributed by atoms with Gasteiger partial charge in [-0.15, -0.1) is 0 Å². The molecule has 2 aromatic carbocycles. The second kappa shape index (κ2) is 9.32. The number of carbonyl (C=O) groups excluding carboxylic acids is 1. The molecule has 29 heavy (non-hydrogen) atoms. The largest absolute Gasteiger partial charge is 0.493 e. The fraction of sp³-hybridized carbons (Fsp3) is 0.292. The van der Waals surface area contributed by atoms with Gasteiger partial charge in [-0.25, -0.2) is 0 Å². The Morgan fingerprint density at radius 3 is 2.03 bits per heavy atom. The molecule has 1 aliphatic carbocycles. The second-order valence-electron chi connectivity index (χ2n) is 6.85. The third-order valence-electron chi connectivity index (χ3n) is 5.05. The van der Waals surface area contributed by atoms with E-state index in [1.165, 1.54) is 0 Å². The molecule has 0 spiro atoms. The summed E-state index contributed by atoms with van der Waals surface area (Å²) in [5, 5.41) is 0. The zero-order valence-electron chi connectivity index (χ0n) is 17.2. The van der Waals surface area contributed by atoms with Crippen LogP contribution in [0.25, 0.3) is 6.08 Å². The van der Waals surface area contributed by atoms with Crippen molar-refractivity contribution in [2.75, 3.05) is 28.4 Å². The zero-order valence-corrected chi connectivity index (χ0v) is 17.2. The Balaban J connectivity index is 1.79. The summed E-state index contributed by atoms with van der Waals surface area (Å²) in [6, 6.07) is 11.6. The summed E-state index contributed by atoms with van der Waals surface area (Å²) in [5.74, 6) is 2.95. The zero-order chi connectivity index (χ0) is 20.8. The van der Waals surface area contributed by atoms with Gasteiger partial charge in [0.1, 0.15) is 0 Å².